The zero-order valence-corrected chi connectivity index (χ0v) is 18.6. The Labute approximate surface area is 197 Å². The highest BCUT2D eigenvalue weighted by Crippen LogP contribution is 2.30. The summed E-state index contributed by atoms with van der Waals surface area (Å²) >= 11 is 12.7. The number of nitro benzene ring substituents is 1. The number of nitrogens with zero attached hydrogens (tertiary/aromatic N) is 6. The van der Waals surface area contributed by atoms with Crippen molar-refractivity contribution in [1.82, 2.24) is 24.3 Å². The van der Waals surface area contributed by atoms with Gasteiger partial charge in [0.2, 0.25) is 0 Å². The number of benzene rings is 2. The molecule has 0 aliphatic rings. The van der Waals surface area contributed by atoms with Crippen molar-refractivity contribution in [1.29, 1.82) is 0 Å². The Kier molecular flexibility index (Phi) is 5.00. The van der Waals surface area contributed by atoms with Crippen molar-refractivity contribution in [3.8, 4) is 23.2 Å². The molecule has 0 aliphatic carbocycles. The molecule has 0 saturated heterocycles. The molecule has 5 rings (SSSR count). The second-order valence-electron chi connectivity index (χ2n) is 6.58. The monoisotopic (exact) mass is 499 g/mol. The van der Waals surface area contributed by atoms with Gasteiger partial charge >= 0.3 is 6.01 Å². The van der Waals surface area contributed by atoms with Crippen LogP contribution < -0.4 is 11.3 Å². The molecule has 0 radical (unpaired) electrons. The van der Waals surface area contributed by atoms with Gasteiger partial charge in [0.05, 0.1) is 15.5 Å². The number of nitrogens with two attached hydrogens (primary N) is 1. The fourth-order valence-corrected chi connectivity index (χ4v) is 4.55. The minimum atomic E-state index is -0.611. The number of thiazole rings is 1. The number of halogens is 1. The molecule has 5 aromatic rings. The van der Waals surface area contributed by atoms with E-state index in [4.69, 9.17) is 34.0 Å². The molecule has 0 fully saturated rings. The van der Waals surface area contributed by atoms with Gasteiger partial charge in [0.1, 0.15) is 10.4 Å². The SMILES string of the molecule is Nc1nc2c(s1)c(=O)n(-c1ccccc1[N+](=O)[O-])c(=S)n2-c1nnc(-c2ccccc2Cl)o1. The van der Waals surface area contributed by atoms with Crippen LogP contribution in [0.3, 0.4) is 0 Å². The normalized spacial score (nSPS) is 11.2. The predicted molar refractivity (Wildman–Crippen MR) is 125 cm³/mol. The highest BCUT2D eigenvalue weighted by atomic mass is 35.5. The standard InChI is InChI=1S/C19H10ClN7O4S2/c20-10-6-2-1-5-9(10)15-23-24-18(31-15)26-14-13(33-17(21)22-14)16(28)25(19(26)32)11-7-3-4-8-12(11)27(29)30/h1-8H,(H2,21,22). The Morgan fingerprint density at radius 1 is 1.12 bits per heavy atom. The maximum Gasteiger partial charge on any atom is 0.330 e. The number of aromatic nitrogens is 5. The fourth-order valence-electron chi connectivity index (χ4n) is 3.24. The van der Waals surface area contributed by atoms with Crippen molar-refractivity contribution in [2.45, 2.75) is 0 Å². The van der Waals surface area contributed by atoms with E-state index in [0.29, 0.717) is 10.6 Å². The van der Waals surface area contributed by atoms with E-state index in [1.165, 1.54) is 22.8 Å². The predicted octanol–water partition coefficient (Wildman–Crippen LogP) is 4.16. The molecular weight excluding hydrogens is 490 g/mol. The van der Waals surface area contributed by atoms with E-state index in [1.54, 1.807) is 30.3 Å². The van der Waals surface area contributed by atoms with Crippen LogP contribution in [0.1, 0.15) is 0 Å². The van der Waals surface area contributed by atoms with E-state index in [9.17, 15) is 14.9 Å². The van der Waals surface area contributed by atoms with Crippen LogP contribution in [0.4, 0.5) is 10.8 Å². The molecule has 0 aliphatic heterocycles. The molecule has 3 aromatic heterocycles. The van der Waals surface area contributed by atoms with Crippen molar-refractivity contribution in [3.05, 3.63) is 78.8 Å². The number of anilines is 1. The lowest BCUT2D eigenvalue weighted by molar-refractivity contribution is -0.384. The minimum Gasteiger partial charge on any atom is -0.403 e. The molecule has 0 unspecified atom stereocenters. The summed E-state index contributed by atoms with van der Waals surface area (Å²) in [7, 11) is 0. The lowest BCUT2D eigenvalue weighted by atomic mass is 10.2. The number of nitro groups is 1. The van der Waals surface area contributed by atoms with Crippen LogP contribution >= 0.6 is 35.2 Å². The molecule has 0 amide bonds. The van der Waals surface area contributed by atoms with Crippen LogP contribution in [0.25, 0.3) is 33.5 Å². The van der Waals surface area contributed by atoms with E-state index < -0.39 is 10.5 Å². The molecule has 0 spiro atoms. The van der Waals surface area contributed by atoms with Crippen LogP contribution in [0.5, 0.6) is 0 Å². The Balaban J connectivity index is 1.84. The van der Waals surface area contributed by atoms with E-state index in [1.807, 2.05) is 0 Å². The van der Waals surface area contributed by atoms with Crippen LogP contribution in [-0.2, 0) is 0 Å². The molecule has 164 valence electrons. The fraction of sp³-hybridized carbons (Fsp3) is 0. The highest BCUT2D eigenvalue weighted by molar-refractivity contribution is 7.71. The van der Waals surface area contributed by atoms with Gasteiger partial charge in [-0.25, -0.2) is 14.1 Å². The second kappa shape index (κ2) is 7.88. The number of hydrogen-bond acceptors (Lipinski definition) is 10. The first kappa shape index (κ1) is 20.9. The number of para-hydroxylation sites is 2. The molecule has 11 nitrogen and oxygen atoms in total. The number of hydrogen-bond donors (Lipinski definition) is 1. The summed E-state index contributed by atoms with van der Waals surface area (Å²) in [6.07, 6.45) is 0. The number of fused-ring (bicyclic) bond motifs is 1. The summed E-state index contributed by atoms with van der Waals surface area (Å²) < 4.78 is 8.02. The average molecular weight is 500 g/mol. The molecule has 2 aromatic carbocycles. The van der Waals surface area contributed by atoms with E-state index >= 15 is 0 Å². The number of rotatable bonds is 4. The summed E-state index contributed by atoms with van der Waals surface area (Å²) in [5.41, 5.74) is 5.50. The van der Waals surface area contributed by atoms with Gasteiger partial charge in [-0.3, -0.25) is 14.9 Å². The third-order valence-corrected chi connectivity index (χ3v) is 6.20. The molecule has 14 heteroatoms. The topological polar surface area (TPSA) is 148 Å². The molecule has 33 heavy (non-hydrogen) atoms. The molecular formula is C19H10ClN7O4S2. The Hall–Kier alpha value is -3.94. The van der Waals surface area contributed by atoms with Gasteiger partial charge < -0.3 is 10.2 Å². The van der Waals surface area contributed by atoms with Crippen molar-refractivity contribution in [2.24, 2.45) is 0 Å². The van der Waals surface area contributed by atoms with Gasteiger partial charge in [-0.2, -0.15) is 0 Å². The zero-order valence-electron chi connectivity index (χ0n) is 16.2. The van der Waals surface area contributed by atoms with Gasteiger partial charge in [-0.05, 0) is 30.4 Å². The van der Waals surface area contributed by atoms with Gasteiger partial charge in [0, 0.05) is 6.07 Å². The molecule has 0 bridgehead atoms. The van der Waals surface area contributed by atoms with Gasteiger partial charge in [-0.15, -0.1) is 5.10 Å². The maximum absolute atomic E-state index is 13.3. The maximum atomic E-state index is 13.3. The molecule has 2 N–H and O–H groups in total. The molecule has 0 saturated carbocycles. The summed E-state index contributed by atoms with van der Waals surface area (Å²) in [4.78, 5) is 28.5. The Bertz CT molecular complexity index is 1690. The van der Waals surface area contributed by atoms with E-state index in [0.717, 1.165) is 15.9 Å². The first-order valence-corrected chi connectivity index (χ1v) is 10.7. The summed E-state index contributed by atoms with van der Waals surface area (Å²) in [5, 5.41) is 20.2. The van der Waals surface area contributed by atoms with Crippen LogP contribution in [0.15, 0.2) is 57.7 Å². The van der Waals surface area contributed by atoms with Crippen LogP contribution in [0.2, 0.25) is 5.02 Å². The second-order valence-corrected chi connectivity index (χ2v) is 8.38. The third-order valence-electron chi connectivity index (χ3n) is 4.65. The summed E-state index contributed by atoms with van der Waals surface area (Å²) in [6, 6.07) is 12.5. The average Bonchev–Trinajstić information content (AvgIpc) is 3.42. The van der Waals surface area contributed by atoms with Gasteiger partial charge in [-0.1, -0.05) is 52.3 Å². The lowest BCUT2D eigenvalue weighted by Crippen LogP contribution is -2.24. The molecule has 3 heterocycles. The first-order chi connectivity index (χ1) is 15.9. The van der Waals surface area contributed by atoms with Crippen LogP contribution in [-0.4, -0.2) is 29.2 Å². The summed E-state index contributed by atoms with van der Waals surface area (Å²) in [5.74, 6) is 0.109. The summed E-state index contributed by atoms with van der Waals surface area (Å²) in [6.45, 7) is 0. The Morgan fingerprint density at radius 2 is 1.85 bits per heavy atom. The number of nitrogen functional groups attached to an aromatic ring is 1. The quantitative estimate of drug-likeness (QED) is 0.218. The van der Waals surface area contributed by atoms with Crippen molar-refractivity contribution < 1.29 is 9.34 Å². The van der Waals surface area contributed by atoms with Crippen molar-refractivity contribution in [3.63, 3.8) is 0 Å². The minimum absolute atomic E-state index is 0.0223. The first-order valence-electron chi connectivity index (χ1n) is 9.13. The molecule has 0 atom stereocenters. The zero-order chi connectivity index (χ0) is 23.3. The lowest BCUT2D eigenvalue weighted by Gasteiger charge is -2.10. The van der Waals surface area contributed by atoms with E-state index in [-0.39, 0.29) is 43.5 Å². The third kappa shape index (κ3) is 3.38. The van der Waals surface area contributed by atoms with Crippen LogP contribution in [0, 0.1) is 14.9 Å². The van der Waals surface area contributed by atoms with E-state index in [2.05, 4.69) is 15.2 Å². The van der Waals surface area contributed by atoms with Crippen molar-refractivity contribution in [2.75, 3.05) is 5.73 Å². The highest BCUT2D eigenvalue weighted by Gasteiger charge is 2.24. The van der Waals surface area contributed by atoms with Gasteiger partial charge in [0.15, 0.2) is 15.5 Å². The van der Waals surface area contributed by atoms with Crippen molar-refractivity contribution >= 4 is 56.3 Å². The smallest absolute Gasteiger partial charge is 0.330 e. The largest absolute Gasteiger partial charge is 0.403 e. The Morgan fingerprint density at radius 3 is 2.61 bits per heavy atom. The van der Waals surface area contributed by atoms with Gasteiger partial charge in [0.25, 0.3) is 17.1 Å².